The fourth-order valence-electron chi connectivity index (χ4n) is 2.56. The first-order valence-corrected chi connectivity index (χ1v) is 7.15. The van der Waals surface area contributed by atoms with E-state index in [9.17, 15) is 0 Å². The average molecular weight is 288 g/mol. The zero-order valence-electron chi connectivity index (χ0n) is 10.6. The summed E-state index contributed by atoms with van der Waals surface area (Å²) in [6, 6.07) is 6.10. The van der Waals surface area contributed by atoms with Gasteiger partial charge in [-0.05, 0) is 56.0 Å². The van der Waals surface area contributed by atoms with Crippen molar-refractivity contribution in [2.75, 3.05) is 20.3 Å². The van der Waals surface area contributed by atoms with E-state index in [0.29, 0.717) is 12.0 Å². The van der Waals surface area contributed by atoms with E-state index in [4.69, 9.17) is 27.9 Å². The van der Waals surface area contributed by atoms with Gasteiger partial charge in [-0.3, -0.25) is 0 Å². The molecule has 1 aromatic carbocycles. The number of halogens is 2. The van der Waals surface area contributed by atoms with Gasteiger partial charge >= 0.3 is 0 Å². The number of likely N-dealkylation sites (N-methyl/N-ethyl adjacent to an activating group) is 1. The van der Waals surface area contributed by atoms with Gasteiger partial charge in [-0.15, -0.1) is 0 Å². The van der Waals surface area contributed by atoms with E-state index < -0.39 is 0 Å². The normalized spacial score (nSPS) is 18.8. The van der Waals surface area contributed by atoms with Crippen molar-refractivity contribution in [2.24, 2.45) is 5.92 Å². The zero-order valence-corrected chi connectivity index (χ0v) is 12.1. The van der Waals surface area contributed by atoms with Crippen molar-refractivity contribution >= 4 is 23.2 Å². The lowest BCUT2D eigenvalue weighted by atomic mass is 9.88. The Labute approximate surface area is 119 Å². The van der Waals surface area contributed by atoms with Crippen molar-refractivity contribution in [1.29, 1.82) is 0 Å². The lowest BCUT2D eigenvalue weighted by Gasteiger charge is -2.30. The van der Waals surface area contributed by atoms with E-state index in [2.05, 4.69) is 5.32 Å². The molecule has 2 nitrogen and oxygen atoms in total. The maximum absolute atomic E-state index is 6.23. The van der Waals surface area contributed by atoms with Gasteiger partial charge in [0.2, 0.25) is 0 Å². The first-order chi connectivity index (χ1) is 8.70. The van der Waals surface area contributed by atoms with Crippen LogP contribution in [0.1, 0.15) is 18.4 Å². The molecule has 1 N–H and O–H groups in total. The van der Waals surface area contributed by atoms with Crippen LogP contribution in [0.5, 0.6) is 0 Å². The quantitative estimate of drug-likeness (QED) is 0.914. The minimum absolute atomic E-state index is 0.435. The summed E-state index contributed by atoms with van der Waals surface area (Å²) in [6.07, 6.45) is 3.15. The molecule has 2 rings (SSSR count). The van der Waals surface area contributed by atoms with Gasteiger partial charge in [-0.2, -0.15) is 0 Å². The van der Waals surface area contributed by atoms with E-state index in [1.807, 2.05) is 25.2 Å². The summed E-state index contributed by atoms with van der Waals surface area (Å²) < 4.78 is 5.41. The Morgan fingerprint density at radius 2 is 2.06 bits per heavy atom. The van der Waals surface area contributed by atoms with E-state index in [1.165, 1.54) is 0 Å². The molecule has 0 spiro atoms. The maximum atomic E-state index is 6.23. The summed E-state index contributed by atoms with van der Waals surface area (Å²) >= 11 is 12.3. The van der Waals surface area contributed by atoms with Crippen molar-refractivity contribution in [3.8, 4) is 0 Å². The molecule has 1 heterocycles. The Kier molecular flexibility index (Phi) is 5.31. The third-order valence-corrected chi connectivity index (χ3v) is 4.26. The molecule has 1 saturated heterocycles. The van der Waals surface area contributed by atoms with Crippen LogP contribution in [0.2, 0.25) is 10.0 Å². The Morgan fingerprint density at radius 1 is 1.33 bits per heavy atom. The molecule has 0 radical (unpaired) electrons. The highest BCUT2D eigenvalue weighted by Crippen LogP contribution is 2.26. The van der Waals surface area contributed by atoms with Crippen LogP contribution in [0.25, 0.3) is 0 Å². The molecule has 1 aliphatic rings. The van der Waals surface area contributed by atoms with Gasteiger partial charge in [0, 0.05) is 29.3 Å². The standard InChI is InChI=1S/C14H19Cl2NO/c1-17-14(10-4-6-18-7-5-10)9-11-8-12(15)2-3-13(11)16/h2-3,8,10,14,17H,4-7,9H2,1H3. The van der Waals surface area contributed by atoms with Gasteiger partial charge < -0.3 is 10.1 Å². The van der Waals surface area contributed by atoms with Gasteiger partial charge in [-0.1, -0.05) is 23.2 Å². The molecule has 0 amide bonds. The Morgan fingerprint density at radius 3 is 2.72 bits per heavy atom. The highest BCUT2D eigenvalue weighted by molar-refractivity contribution is 6.33. The number of rotatable bonds is 4. The van der Waals surface area contributed by atoms with Gasteiger partial charge in [-0.25, -0.2) is 0 Å². The summed E-state index contributed by atoms with van der Waals surface area (Å²) in [4.78, 5) is 0. The molecular formula is C14H19Cl2NO. The summed E-state index contributed by atoms with van der Waals surface area (Å²) in [5.41, 5.74) is 1.12. The fraction of sp³-hybridized carbons (Fsp3) is 0.571. The number of hydrogen-bond acceptors (Lipinski definition) is 2. The molecule has 18 heavy (non-hydrogen) atoms. The lowest BCUT2D eigenvalue weighted by molar-refractivity contribution is 0.0547. The Hall–Kier alpha value is -0.280. The molecule has 4 heteroatoms. The summed E-state index contributed by atoms with van der Waals surface area (Å²) in [7, 11) is 2.01. The zero-order chi connectivity index (χ0) is 13.0. The van der Waals surface area contributed by atoms with Gasteiger partial charge in [0.15, 0.2) is 0 Å². The van der Waals surface area contributed by atoms with Crippen LogP contribution in [0.4, 0.5) is 0 Å². The third-order valence-electron chi connectivity index (χ3n) is 3.65. The summed E-state index contributed by atoms with van der Waals surface area (Å²) in [5.74, 6) is 0.652. The second kappa shape index (κ2) is 6.76. The Balaban J connectivity index is 2.06. The summed E-state index contributed by atoms with van der Waals surface area (Å²) in [6.45, 7) is 1.73. The third kappa shape index (κ3) is 3.61. The van der Waals surface area contributed by atoms with Crippen molar-refractivity contribution in [3.63, 3.8) is 0 Å². The van der Waals surface area contributed by atoms with E-state index in [-0.39, 0.29) is 0 Å². The SMILES string of the molecule is CNC(Cc1cc(Cl)ccc1Cl)C1CCOCC1. The van der Waals surface area contributed by atoms with Crippen LogP contribution in [-0.4, -0.2) is 26.3 Å². The Bertz CT molecular complexity index is 391. The largest absolute Gasteiger partial charge is 0.381 e. The van der Waals surface area contributed by atoms with Crippen LogP contribution in [0.15, 0.2) is 18.2 Å². The van der Waals surface area contributed by atoms with Crippen LogP contribution in [0, 0.1) is 5.92 Å². The number of nitrogens with one attached hydrogen (secondary N) is 1. The lowest BCUT2D eigenvalue weighted by Crippen LogP contribution is -2.38. The fourth-order valence-corrected chi connectivity index (χ4v) is 2.95. The molecule has 0 aliphatic carbocycles. The van der Waals surface area contributed by atoms with Crippen LogP contribution < -0.4 is 5.32 Å². The minimum Gasteiger partial charge on any atom is -0.381 e. The molecular weight excluding hydrogens is 269 g/mol. The second-order valence-corrected chi connectivity index (χ2v) is 5.63. The van der Waals surface area contributed by atoms with Crippen molar-refractivity contribution < 1.29 is 4.74 Å². The predicted molar refractivity (Wildman–Crippen MR) is 76.6 cm³/mol. The predicted octanol–water partition coefficient (Wildman–Crippen LogP) is 3.55. The van der Waals surface area contributed by atoms with Crippen molar-refractivity contribution in [1.82, 2.24) is 5.32 Å². The second-order valence-electron chi connectivity index (χ2n) is 4.78. The molecule has 0 aromatic heterocycles. The first kappa shape index (κ1) is 14.1. The number of ether oxygens (including phenoxy) is 1. The monoisotopic (exact) mass is 287 g/mol. The molecule has 1 aromatic rings. The summed E-state index contributed by atoms with van der Waals surface area (Å²) in [5, 5.41) is 4.95. The average Bonchev–Trinajstić information content (AvgIpc) is 2.41. The van der Waals surface area contributed by atoms with Crippen molar-refractivity contribution in [2.45, 2.75) is 25.3 Å². The molecule has 100 valence electrons. The topological polar surface area (TPSA) is 21.3 Å². The first-order valence-electron chi connectivity index (χ1n) is 6.39. The van der Waals surface area contributed by atoms with Gasteiger partial charge in [0.1, 0.15) is 0 Å². The molecule has 0 bridgehead atoms. The van der Waals surface area contributed by atoms with Crippen LogP contribution >= 0.6 is 23.2 Å². The molecule has 1 unspecified atom stereocenters. The van der Waals surface area contributed by atoms with E-state index in [1.54, 1.807) is 0 Å². The van der Waals surface area contributed by atoms with E-state index >= 15 is 0 Å². The number of benzene rings is 1. The number of hydrogen-bond donors (Lipinski definition) is 1. The smallest absolute Gasteiger partial charge is 0.0469 e. The molecule has 1 atom stereocenters. The molecule has 1 fully saturated rings. The highest BCUT2D eigenvalue weighted by Gasteiger charge is 2.23. The van der Waals surface area contributed by atoms with E-state index in [0.717, 1.165) is 48.1 Å². The molecule has 1 aliphatic heterocycles. The van der Waals surface area contributed by atoms with Gasteiger partial charge in [0.25, 0.3) is 0 Å². The maximum Gasteiger partial charge on any atom is 0.0469 e. The van der Waals surface area contributed by atoms with Gasteiger partial charge in [0.05, 0.1) is 0 Å². The highest BCUT2D eigenvalue weighted by atomic mass is 35.5. The minimum atomic E-state index is 0.435. The van der Waals surface area contributed by atoms with Crippen LogP contribution in [0.3, 0.4) is 0 Å². The van der Waals surface area contributed by atoms with Crippen molar-refractivity contribution in [3.05, 3.63) is 33.8 Å². The van der Waals surface area contributed by atoms with Crippen LogP contribution in [-0.2, 0) is 11.2 Å². The molecule has 0 saturated carbocycles.